The molecule has 3 rings (SSSR count). The van der Waals surface area contributed by atoms with Crippen molar-refractivity contribution in [3.05, 3.63) is 30.1 Å². The number of nitrogens with zero attached hydrogens (tertiary/aromatic N) is 4. The van der Waals surface area contributed by atoms with E-state index in [2.05, 4.69) is 0 Å². The second-order valence-corrected chi connectivity index (χ2v) is 7.94. The highest BCUT2D eigenvalue weighted by molar-refractivity contribution is 7.89. The fourth-order valence-electron chi connectivity index (χ4n) is 2.83. The van der Waals surface area contributed by atoms with Gasteiger partial charge in [0.15, 0.2) is 0 Å². The van der Waals surface area contributed by atoms with Gasteiger partial charge < -0.3 is 0 Å². The van der Waals surface area contributed by atoms with Crippen molar-refractivity contribution >= 4 is 27.9 Å². The van der Waals surface area contributed by atoms with Crippen LogP contribution in [0.1, 0.15) is 0 Å². The molecule has 11 heteroatoms. The number of hydrogen-bond acceptors (Lipinski definition) is 6. The normalized spacial score (nSPS) is 20.3. The first kappa shape index (κ1) is 18.4. The van der Waals surface area contributed by atoms with Crippen LogP contribution in [0.4, 0.5) is 9.18 Å². The lowest BCUT2D eigenvalue weighted by Crippen LogP contribution is -2.52. The van der Waals surface area contributed by atoms with Crippen molar-refractivity contribution in [2.24, 2.45) is 0 Å². The molecule has 2 saturated heterocycles. The highest BCUT2D eigenvalue weighted by Gasteiger charge is 2.43. The van der Waals surface area contributed by atoms with Crippen LogP contribution in [-0.2, 0) is 19.6 Å². The summed E-state index contributed by atoms with van der Waals surface area (Å²) in [7, 11) is -2.59. The topological polar surface area (TPSA) is 98.3 Å². The maximum absolute atomic E-state index is 13.3. The molecular formula is C15H17FN4O5S. The van der Waals surface area contributed by atoms with Crippen LogP contribution in [0.15, 0.2) is 29.2 Å². The van der Waals surface area contributed by atoms with E-state index in [1.807, 2.05) is 0 Å². The molecule has 2 heterocycles. The molecule has 0 N–H and O–H groups in total. The Hall–Kier alpha value is -2.37. The van der Waals surface area contributed by atoms with Gasteiger partial charge in [0.1, 0.15) is 5.82 Å². The van der Waals surface area contributed by atoms with Gasteiger partial charge in [0.05, 0.1) is 11.6 Å². The number of benzene rings is 1. The quantitative estimate of drug-likeness (QED) is 0.513. The fourth-order valence-corrected chi connectivity index (χ4v) is 4.28. The molecule has 0 aliphatic carbocycles. The summed E-state index contributed by atoms with van der Waals surface area (Å²) in [6, 6.07) is 4.09. The number of carbonyl (C=O) groups excluding carboxylic acids is 3. The molecule has 2 aliphatic rings. The highest BCUT2D eigenvalue weighted by atomic mass is 32.2. The van der Waals surface area contributed by atoms with Gasteiger partial charge in [0, 0.05) is 33.2 Å². The third-order valence-corrected chi connectivity index (χ3v) is 6.25. The largest absolute Gasteiger partial charge is 0.335 e. The zero-order valence-corrected chi connectivity index (χ0v) is 14.8. The van der Waals surface area contributed by atoms with Gasteiger partial charge in [-0.3, -0.25) is 19.4 Å². The fraction of sp³-hybridized carbons (Fsp3) is 0.400. The van der Waals surface area contributed by atoms with E-state index in [0.29, 0.717) is 0 Å². The van der Waals surface area contributed by atoms with Crippen LogP contribution in [0.25, 0.3) is 0 Å². The third kappa shape index (κ3) is 3.20. The number of halogens is 1. The molecule has 26 heavy (non-hydrogen) atoms. The summed E-state index contributed by atoms with van der Waals surface area (Å²) in [5.74, 6) is -2.42. The lowest BCUT2D eigenvalue weighted by Gasteiger charge is -2.35. The Kier molecular flexibility index (Phi) is 4.78. The Labute approximate surface area is 149 Å². The summed E-state index contributed by atoms with van der Waals surface area (Å²) in [6.07, 6.45) is 0. The molecule has 0 atom stereocenters. The molecule has 140 valence electrons. The van der Waals surface area contributed by atoms with Gasteiger partial charge in [-0.1, -0.05) is 6.07 Å². The molecule has 0 aromatic heterocycles. The smallest absolute Gasteiger partial charge is 0.283 e. The maximum atomic E-state index is 13.3. The minimum Gasteiger partial charge on any atom is -0.283 e. The van der Waals surface area contributed by atoms with E-state index in [-0.39, 0.29) is 37.7 Å². The number of piperazine rings is 1. The van der Waals surface area contributed by atoms with Gasteiger partial charge in [-0.05, 0) is 18.2 Å². The van der Waals surface area contributed by atoms with E-state index < -0.39 is 33.7 Å². The predicted molar refractivity (Wildman–Crippen MR) is 86.6 cm³/mol. The summed E-state index contributed by atoms with van der Waals surface area (Å²) in [6.45, 7) is 0.701. The van der Waals surface area contributed by atoms with Crippen LogP contribution >= 0.6 is 0 Å². The van der Waals surface area contributed by atoms with Gasteiger partial charge in [0.25, 0.3) is 0 Å². The summed E-state index contributed by atoms with van der Waals surface area (Å²) < 4.78 is 39.6. The first-order chi connectivity index (χ1) is 12.2. The van der Waals surface area contributed by atoms with E-state index in [1.54, 1.807) is 4.90 Å². The molecule has 4 amide bonds. The lowest BCUT2D eigenvalue weighted by molar-refractivity contribution is -0.143. The van der Waals surface area contributed by atoms with Crippen LogP contribution in [0.3, 0.4) is 0 Å². The molecule has 0 spiro atoms. The van der Waals surface area contributed by atoms with Crippen LogP contribution in [0.5, 0.6) is 0 Å². The van der Waals surface area contributed by atoms with Crippen molar-refractivity contribution in [2.45, 2.75) is 4.90 Å². The van der Waals surface area contributed by atoms with E-state index in [4.69, 9.17) is 0 Å². The van der Waals surface area contributed by atoms with Crippen LogP contribution < -0.4 is 0 Å². The summed E-state index contributed by atoms with van der Waals surface area (Å²) in [4.78, 5) is 38.3. The number of amides is 4. The molecule has 2 aliphatic heterocycles. The van der Waals surface area contributed by atoms with Crippen molar-refractivity contribution in [2.75, 3.05) is 39.9 Å². The van der Waals surface area contributed by atoms with E-state index >= 15 is 0 Å². The Morgan fingerprint density at radius 2 is 1.69 bits per heavy atom. The van der Waals surface area contributed by atoms with Crippen LogP contribution in [-0.4, -0.2) is 85.2 Å². The summed E-state index contributed by atoms with van der Waals surface area (Å²) >= 11 is 0. The number of rotatable bonds is 4. The minimum absolute atomic E-state index is 0.0817. The Bertz CT molecular complexity index is 867. The molecule has 0 radical (unpaired) electrons. The van der Waals surface area contributed by atoms with Crippen LogP contribution in [0.2, 0.25) is 0 Å². The Morgan fingerprint density at radius 3 is 2.23 bits per heavy atom. The number of likely N-dealkylation sites (N-methyl/N-ethyl adjacent to an activating group) is 1. The molecule has 0 bridgehead atoms. The first-order valence-electron chi connectivity index (χ1n) is 7.83. The van der Waals surface area contributed by atoms with Gasteiger partial charge in [-0.15, -0.1) is 0 Å². The Morgan fingerprint density at radius 1 is 1.04 bits per heavy atom. The van der Waals surface area contributed by atoms with E-state index in [9.17, 15) is 27.2 Å². The summed E-state index contributed by atoms with van der Waals surface area (Å²) in [5.41, 5.74) is 0. The SMILES string of the molecule is CN1C(=O)C(=O)N(CN2CCN(S(=O)(=O)c3cccc(F)c3)CC2)C1=O. The summed E-state index contributed by atoms with van der Waals surface area (Å²) in [5, 5.41) is 0. The standard InChI is InChI=1S/C15H17FN4O5S/c1-17-13(21)14(22)20(15(17)23)10-18-5-7-19(8-6-18)26(24,25)12-4-2-3-11(16)9-12/h2-4,9H,5-8,10H2,1H3. The monoisotopic (exact) mass is 384 g/mol. The number of urea groups is 1. The number of carbonyl (C=O) groups is 3. The number of imide groups is 2. The molecule has 2 fully saturated rings. The van der Waals surface area contributed by atoms with Gasteiger partial charge in [-0.25, -0.2) is 22.5 Å². The first-order valence-corrected chi connectivity index (χ1v) is 9.27. The third-order valence-electron chi connectivity index (χ3n) is 4.36. The van der Waals surface area contributed by atoms with Crippen LogP contribution in [0, 0.1) is 5.82 Å². The second kappa shape index (κ2) is 6.74. The van der Waals surface area contributed by atoms with E-state index in [0.717, 1.165) is 15.9 Å². The second-order valence-electron chi connectivity index (χ2n) is 6.00. The van der Waals surface area contributed by atoms with Gasteiger partial charge in [-0.2, -0.15) is 4.31 Å². The minimum atomic E-state index is -3.82. The van der Waals surface area contributed by atoms with Gasteiger partial charge in [0.2, 0.25) is 10.0 Å². The van der Waals surface area contributed by atoms with Gasteiger partial charge >= 0.3 is 17.8 Å². The Balaban J connectivity index is 1.64. The molecular weight excluding hydrogens is 367 g/mol. The maximum Gasteiger partial charge on any atom is 0.335 e. The number of sulfonamides is 1. The molecule has 1 aromatic carbocycles. The molecule has 1 aromatic rings. The van der Waals surface area contributed by atoms with Crippen molar-refractivity contribution in [3.8, 4) is 0 Å². The average Bonchev–Trinajstić information content (AvgIpc) is 2.80. The zero-order chi connectivity index (χ0) is 19.1. The highest BCUT2D eigenvalue weighted by Crippen LogP contribution is 2.19. The average molecular weight is 384 g/mol. The van der Waals surface area contributed by atoms with Crippen molar-refractivity contribution in [3.63, 3.8) is 0 Å². The zero-order valence-electron chi connectivity index (χ0n) is 14.0. The molecule has 9 nitrogen and oxygen atoms in total. The van der Waals surface area contributed by atoms with E-state index in [1.165, 1.54) is 29.6 Å². The molecule has 0 unspecified atom stereocenters. The van der Waals surface area contributed by atoms with Crippen molar-refractivity contribution in [1.29, 1.82) is 0 Å². The van der Waals surface area contributed by atoms with Crippen molar-refractivity contribution < 1.29 is 27.2 Å². The predicted octanol–water partition coefficient (Wildman–Crippen LogP) is -0.490. The lowest BCUT2D eigenvalue weighted by atomic mass is 10.3. The van der Waals surface area contributed by atoms with Crippen molar-refractivity contribution in [1.82, 2.24) is 19.0 Å². The molecule has 0 saturated carbocycles. The number of hydrogen-bond donors (Lipinski definition) is 0.